The van der Waals surface area contributed by atoms with E-state index in [9.17, 15) is 0 Å². The van der Waals surface area contributed by atoms with Gasteiger partial charge in [0.2, 0.25) is 0 Å². The van der Waals surface area contributed by atoms with Crippen LogP contribution >= 0.6 is 0 Å². The Morgan fingerprint density at radius 1 is 0.857 bits per heavy atom. The molecule has 0 bridgehead atoms. The summed E-state index contributed by atoms with van der Waals surface area (Å²) in [6.07, 6.45) is 3.63. The molecule has 0 heterocycles. The molecule has 2 aliphatic rings. The van der Waals surface area contributed by atoms with E-state index in [0.29, 0.717) is 3.63 Å². The molecule has 0 fully saturated rings. The van der Waals surface area contributed by atoms with Crippen molar-refractivity contribution in [2.24, 2.45) is 0 Å². The Bertz CT molecular complexity index is 734. The first-order valence-corrected chi connectivity index (χ1v) is 10.2. The third-order valence-corrected chi connectivity index (χ3v) is 9.05. The summed E-state index contributed by atoms with van der Waals surface area (Å²) in [5, 5.41) is 0. The van der Waals surface area contributed by atoms with E-state index in [-0.39, 0.29) is 0 Å². The van der Waals surface area contributed by atoms with Crippen LogP contribution in [0.4, 0.5) is 0 Å². The Kier molecular flexibility index (Phi) is 3.34. The van der Waals surface area contributed by atoms with Gasteiger partial charge in [0, 0.05) is 0 Å². The van der Waals surface area contributed by atoms with Crippen LogP contribution in [0.5, 0.6) is 0 Å². The van der Waals surface area contributed by atoms with Crippen molar-refractivity contribution in [3.8, 4) is 11.1 Å². The van der Waals surface area contributed by atoms with E-state index in [4.69, 9.17) is 0 Å². The predicted molar refractivity (Wildman–Crippen MR) is 84.8 cm³/mol. The van der Waals surface area contributed by atoms with Crippen molar-refractivity contribution in [3.63, 3.8) is 0 Å². The zero-order valence-electron chi connectivity index (χ0n) is 12.5. The average molecular weight is 350 g/mol. The van der Waals surface area contributed by atoms with Gasteiger partial charge in [0.15, 0.2) is 0 Å². The fourth-order valence-electron chi connectivity index (χ4n) is 3.58. The van der Waals surface area contributed by atoms with Crippen molar-refractivity contribution < 1.29 is 23.2 Å². The molecular formula is C20H18Zr. The van der Waals surface area contributed by atoms with Crippen molar-refractivity contribution in [2.75, 3.05) is 0 Å². The minimum atomic E-state index is -0.633. The molecule has 2 aromatic rings. The van der Waals surface area contributed by atoms with Crippen LogP contribution in [-0.2, 0) is 23.2 Å². The van der Waals surface area contributed by atoms with Crippen LogP contribution < -0.4 is 0 Å². The summed E-state index contributed by atoms with van der Waals surface area (Å²) in [5.74, 6) is 0. The van der Waals surface area contributed by atoms with Crippen LogP contribution in [0, 0.1) is 0 Å². The molecule has 4 rings (SSSR count). The standard InChI is InChI=1S/C13H9.C7H9.Zr/c1-3-7-12-10(5-1)9-11-6-2-4-8-13(11)12;1-6-3-4-7(2)5-6;/h1-9H;5H,3H2,1-2H3;. The summed E-state index contributed by atoms with van der Waals surface area (Å²) in [5.41, 5.74) is 9.20. The normalized spacial score (nSPS) is 16.8. The third kappa shape index (κ3) is 2.23. The molecule has 0 spiro atoms. The number of allylic oxidation sites excluding steroid dienone is 4. The van der Waals surface area contributed by atoms with Gasteiger partial charge >= 0.3 is 138 Å². The second-order valence-corrected chi connectivity index (χ2v) is 9.69. The van der Waals surface area contributed by atoms with Gasteiger partial charge in [-0.3, -0.25) is 0 Å². The van der Waals surface area contributed by atoms with Crippen LogP contribution in [0.25, 0.3) is 11.1 Å². The Morgan fingerprint density at radius 2 is 1.43 bits per heavy atom. The number of rotatable bonds is 2. The molecule has 0 aliphatic heterocycles. The van der Waals surface area contributed by atoms with Crippen LogP contribution in [0.15, 0.2) is 69.0 Å². The van der Waals surface area contributed by atoms with E-state index in [1.54, 1.807) is 25.6 Å². The molecule has 0 radical (unpaired) electrons. The van der Waals surface area contributed by atoms with Gasteiger partial charge in [0.25, 0.3) is 0 Å². The van der Waals surface area contributed by atoms with E-state index in [1.165, 1.54) is 17.5 Å². The number of hydrogen-bond acceptors (Lipinski definition) is 0. The quantitative estimate of drug-likeness (QED) is 0.675. The van der Waals surface area contributed by atoms with Crippen LogP contribution in [0.3, 0.4) is 0 Å². The molecule has 1 heteroatoms. The maximum absolute atomic E-state index is 2.39. The van der Waals surface area contributed by atoms with Crippen molar-refractivity contribution in [1.82, 2.24) is 0 Å². The first-order chi connectivity index (χ1) is 10.2. The average Bonchev–Trinajstić information content (AvgIpc) is 2.98. The number of fused-ring (bicyclic) bond motifs is 3. The van der Waals surface area contributed by atoms with Gasteiger partial charge in [-0.2, -0.15) is 0 Å². The molecule has 0 atom stereocenters. The minimum absolute atomic E-state index is 0.633. The van der Waals surface area contributed by atoms with E-state index >= 15 is 0 Å². The predicted octanol–water partition coefficient (Wildman–Crippen LogP) is 5.46. The van der Waals surface area contributed by atoms with E-state index in [2.05, 4.69) is 68.5 Å². The van der Waals surface area contributed by atoms with Crippen molar-refractivity contribution in [1.29, 1.82) is 0 Å². The monoisotopic (exact) mass is 348 g/mol. The maximum atomic E-state index is 2.39. The molecule has 2 aliphatic carbocycles. The second kappa shape index (κ2) is 5.22. The Hall–Kier alpha value is -1.20. The molecule has 0 unspecified atom stereocenters. The van der Waals surface area contributed by atoms with Gasteiger partial charge in [0.05, 0.1) is 0 Å². The van der Waals surface area contributed by atoms with Gasteiger partial charge < -0.3 is 0 Å². The van der Waals surface area contributed by atoms with Crippen LogP contribution in [0.1, 0.15) is 35.0 Å². The molecule has 0 saturated heterocycles. The molecule has 0 N–H and O–H groups in total. The van der Waals surface area contributed by atoms with E-state index < -0.39 is 23.2 Å². The van der Waals surface area contributed by atoms with Crippen molar-refractivity contribution in [2.45, 2.75) is 23.9 Å². The summed E-state index contributed by atoms with van der Waals surface area (Å²) >= 11 is -0.633. The zero-order valence-corrected chi connectivity index (χ0v) is 14.9. The Balaban J connectivity index is 1.78. The first-order valence-electron chi connectivity index (χ1n) is 7.56. The molecule has 0 nitrogen and oxygen atoms in total. The van der Waals surface area contributed by atoms with Gasteiger partial charge in [-0.15, -0.1) is 0 Å². The van der Waals surface area contributed by atoms with Gasteiger partial charge in [0.1, 0.15) is 0 Å². The summed E-state index contributed by atoms with van der Waals surface area (Å²) in [7, 11) is 0. The van der Waals surface area contributed by atoms with E-state index in [1.807, 2.05) is 0 Å². The summed E-state index contributed by atoms with van der Waals surface area (Å²) in [6.45, 7) is 4.58. The Labute approximate surface area is 138 Å². The Morgan fingerprint density at radius 3 is 1.95 bits per heavy atom. The summed E-state index contributed by atoms with van der Waals surface area (Å²) in [6, 6.07) is 18.1. The third-order valence-electron chi connectivity index (χ3n) is 4.55. The van der Waals surface area contributed by atoms with Crippen molar-refractivity contribution >= 4 is 0 Å². The van der Waals surface area contributed by atoms with E-state index in [0.717, 1.165) is 0 Å². The fourth-order valence-corrected chi connectivity index (χ4v) is 8.11. The molecule has 0 amide bonds. The summed E-state index contributed by atoms with van der Waals surface area (Å²) in [4.78, 5) is 0. The molecule has 21 heavy (non-hydrogen) atoms. The van der Waals surface area contributed by atoms with Crippen LogP contribution in [-0.4, -0.2) is 0 Å². The molecule has 2 aromatic carbocycles. The molecule has 102 valence electrons. The zero-order chi connectivity index (χ0) is 14.4. The molecular weight excluding hydrogens is 331 g/mol. The fraction of sp³-hybridized carbons (Fsp3) is 0.200. The van der Waals surface area contributed by atoms with Gasteiger partial charge in [-0.05, 0) is 0 Å². The number of benzene rings is 2. The van der Waals surface area contributed by atoms with Crippen molar-refractivity contribution in [3.05, 3.63) is 80.2 Å². The second-order valence-electron chi connectivity index (χ2n) is 6.08. The van der Waals surface area contributed by atoms with Crippen LogP contribution in [0.2, 0.25) is 0 Å². The number of hydrogen-bond donors (Lipinski definition) is 0. The molecule has 0 saturated carbocycles. The molecule has 0 aromatic heterocycles. The van der Waals surface area contributed by atoms with Gasteiger partial charge in [-0.25, -0.2) is 0 Å². The first kappa shape index (κ1) is 13.5. The van der Waals surface area contributed by atoms with Gasteiger partial charge in [-0.1, -0.05) is 0 Å². The summed E-state index contributed by atoms with van der Waals surface area (Å²) < 4.78 is 2.48. The SMILES string of the molecule is CC1=CC(C)=[C]([Zr][CH]2c3ccccc3-c3ccccc32)C1. The topological polar surface area (TPSA) is 0 Å².